The van der Waals surface area contributed by atoms with E-state index >= 15 is 0 Å². The van der Waals surface area contributed by atoms with Crippen molar-refractivity contribution in [2.24, 2.45) is 0 Å². The Bertz CT molecular complexity index is 1120. The Morgan fingerprint density at radius 2 is 1.97 bits per heavy atom. The molecule has 1 aromatic carbocycles. The minimum atomic E-state index is -0.697. The van der Waals surface area contributed by atoms with E-state index in [4.69, 9.17) is 14.6 Å². The maximum Gasteiger partial charge on any atom is 0.274 e. The Morgan fingerprint density at radius 3 is 2.68 bits per heavy atom. The van der Waals surface area contributed by atoms with Crippen molar-refractivity contribution < 1.29 is 14.4 Å². The second-order valence-electron chi connectivity index (χ2n) is 9.27. The molecule has 1 N–H and O–H groups in total. The number of nitrogens with zero attached hydrogens (tertiary/aromatic N) is 3. The molecule has 2 fully saturated rings. The number of hydroxylamine groups is 1. The highest BCUT2D eigenvalue weighted by Gasteiger charge is 2.48. The zero-order chi connectivity index (χ0) is 23.5. The molecule has 2 aromatic heterocycles. The predicted octanol–water partition coefficient (Wildman–Crippen LogP) is 5.05. The van der Waals surface area contributed by atoms with Gasteiger partial charge in [0, 0.05) is 41.4 Å². The maximum atomic E-state index is 12.5. The number of carbonyl (C=O) groups is 1. The number of nitrogens with one attached hydrogen (secondary N) is 1. The van der Waals surface area contributed by atoms with Crippen LogP contribution in [0.15, 0.2) is 48.9 Å². The lowest BCUT2D eigenvalue weighted by molar-refractivity contribution is -0.162. The number of rotatable bonds is 7. The summed E-state index contributed by atoms with van der Waals surface area (Å²) < 4.78 is 6.55. The molecule has 34 heavy (non-hydrogen) atoms. The predicted molar refractivity (Wildman–Crippen MR) is 130 cm³/mol. The van der Waals surface area contributed by atoms with Gasteiger partial charge in [0.25, 0.3) is 5.91 Å². The lowest BCUT2D eigenvalue weighted by Gasteiger charge is -2.42. The number of hydrogen-bond donors (Lipinski definition) is 1. The molecule has 0 radical (unpaired) electrons. The van der Waals surface area contributed by atoms with Crippen molar-refractivity contribution in [2.75, 3.05) is 6.61 Å². The molecule has 0 bridgehead atoms. The summed E-state index contributed by atoms with van der Waals surface area (Å²) in [7, 11) is 0. The molecule has 8 heteroatoms. The lowest BCUT2D eigenvalue weighted by Crippen LogP contribution is -2.46. The smallest absolute Gasteiger partial charge is 0.274 e. The van der Waals surface area contributed by atoms with Gasteiger partial charge in [0.1, 0.15) is 10.6 Å². The third-order valence-corrected chi connectivity index (χ3v) is 8.34. The normalized spacial score (nSPS) is 23.8. The molecule has 1 saturated heterocycles. The SMILES string of the molecule is Cc1cnc([C@@H](C)C2(c3ncc(C4CCC4)s3)CC(ONC(=O)c3ccccc3)CCO2)cn1. The van der Waals surface area contributed by atoms with Gasteiger partial charge in [0.2, 0.25) is 0 Å². The number of thiazole rings is 1. The molecule has 3 atom stereocenters. The van der Waals surface area contributed by atoms with Crippen LogP contribution in [-0.4, -0.2) is 33.6 Å². The van der Waals surface area contributed by atoms with E-state index in [0.717, 1.165) is 16.4 Å². The van der Waals surface area contributed by atoms with E-state index < -0.39 is 5.60 Å². The maximum absolute atomic E-state index is 12.5. The fourth-order valence-corrected chi connectivity index (χ4v) is 5.95. The van der Waals surface area contributed by atoms with E-state index in [9.17, 15) is 4.79 Å². The first-order chi connectivity index (χ1) is 16.5. The molecule has 1 saturated carbocycles. The largest absolute Gasteiger partial charge is 0.367 e. The van der Waals surface area contributed by atoms with E-state index in [1.165, 1.54) is 24.1 Å². The lowest BCUT2D eigenvalue weighted by atomic mass is 9.80. The molecule has 0 spiro atoms. The van der Waals surface area contributed by atoms with Crippen LogP contribution < -0.4 is 5.48 Å². The molecule has 7 nitrogen and oxygen atoms in total. The molecule has 5 rings (SSSR count). The molecule has 2 unspecified atom stereocenters. The third-order valence-electron chi connectivity index (χ3n) is 7.02. The Labute approximate surface area is 203 Å². The number of ether oxygens (including phenoxy) is 1. The van der Waals surface area contributed by atoms with Crippen LogP contribution in [0.1, 0.15) is 82.5 Å². The van der Waals surface area contributed by atoms with Crippen LogP contribution in [0.4, 0.5) is 0 Å². The molecule has 1 amide bonds. The van der Waals surface area contributed by atoms with Crippen molar-refractivity contribution in [1.29, 1.82) is 0 Å². The van der Waals surface area contributed by atoms with Gasteiger partial charge in [0.05, 0.1) is 24.1 Å². The minimum absolute atomic E-state index is 0.0859. The Balaban J connectivity index is 1.39. The highest BCUT2D eigenvalue weighted by molar-refractivity contribution is 7.11. The standard InChI is InChI=1S/C26H30N4O3S/c1-17-14-28-22(15-27-17)18(2)26(25-29-16-23(34-25)19-9-6-10-19)13-21(11-12-32-26)33-30-24(31)20-7-4-3-5-8-20/h3-5,7-8,14-16,18-19,21H,6,9-13H2,1-2H3,(H,30,31)/t18-,21?,26?/m1/s1. The molecule has 1 aliphatic carbocycles. The van der Waals surface area contributed by atoms with E-state index in [1.807, 2.05) is 37.5 Å². The molecule has 178 valence electrons. The number of amides is 1. The van der Waals surface area contributed by atoms with Gasteiger partial charge < -0.3 is 4.74 Å². The minimum Gasteiger partial charge on any atom is -0.367 e. The fourth-order valence-electron chi connectivity index (χ4n) is 4.62. The third kappa shape index (κ3) is 4.62. The summed E-state index contributed by atoms with van der Waals surface area (Å²) >= 11 is 1.74. The number of aryl methyl sites for hydroxylation is 1. The Hall–Kier alpha value is -2.68. The molecular formula is C26H30N4O3S. The number of hydrogen-bond acceptors (Lipinski definition) is 7. The first-order valence-electron chi connectivity index (χ1n) is 11.9. The van der Waals surface area contributed by atoms with E-state index in [2.05, 4.69) is 22.4 Å². The van der Waals surface area contributed by atoms with Crippen LogP contribution in [0.25, 0.3) is 0 Å². The summed E-state index contributed by atoms with van der Waals surface area (Å²) in [5, 5.41) is 0.951. The van der Waals surface area contributed by atoms with Crippen LogP contribution in [0.3, 0.4) is 0 Å². The van der Waals surface area contributed by atoms with Crippen molar-refractivity contribution >= 4 is 17.2 Å². The summed E-state index contributed by atoms with van der Waals surface area (Å²) in [6, 6.07) is 9.08. The van der Waals surface area contributed by atoms with Crippen LogP contribution in [0.5, 0.6) is 0 Å². The van der Waals surface area contributed by atoms with Gasteiger partial charge >= 0.3 is 0 Å². The summed E-state index contributed by atoms with van der Waals surface area (Å²) in [5.41, 5.74) is 4.25. The number of benzene rings is 1. The van der Waals surface area contributed by atoms with Gasteiger partial charge in [-0.15, -0.1) is 11.3 Å². The number of aromatic nitrogens is 3. The molecule has 2 aliphatic rings. The first-order valence-corrected chi connectivity index (χ1v) is 12.8. The van der Waals surface area contributed by atoms with Gasteiger partial charge in [-0.25, -0.2) is 10.5 Å². The van der Waals surface area contributed by atoms with E-state index in [0.29, 0.717) is 30.9 Å². The van der Waals surface area contributed by atoms with Crippen molar-refractivity contribution in [3.8, 4) is 0 Å². The topological polar surface area (TPSA) is 86.2 Å². The average Bonchev–Trinajstić information content (AvgIpc) is 3.32. The van der Waals surface area contributed by atoms with Crippen molar-refractivity contribution in [2.45, 2.75) is 69.5 Å². The zero-order valence-electron chi connectivity index (χ0n) is 19.6. The van der Waals surface area contributed by atoms with Crippen molar-refractivity contribution in [3.05, 3.63) is 75.8 Å². The molecular weight excluding hydrogens is 448 g/mol. The Morgan fingerprint density at radius 1 is 1.15 bits per heavy atom. The van der Waals surface area contributed by atoms with E-state index in [1.54, 1.807) is 29.7 Å². The highest BCUT2D eigenvalue weighted by Crippen LogP contribution is 2.49. The Kier molecular flexibility index (Phi) is 6.72. The zero-order valence-corrected chi connectivity index (χ0v) is 20.4. The van der Waals surface area contributed by atoms with Crippen LogP contribution in [-0.2, 0) is 15.2 Å². The fraction of sp³-hybridized carbons (Fsp3) is 0.462. The summed E-state index contributed by atoms with van der Waals surface area (Å²) in [5.74, 6) is 0.271. The summed E-state index contributed by atoms with van der Waals surface area (Å²) in [4.78, 5) is 33.8. The molecule has 3 heterocycles. The summed E-state index contributed by atoms with van der Waals surface area (Å²) in [6.07, 6.45) is 10.4. The van der Waals surface area contributed by atoms with Gasteiger partial charge in [-0.2, -0.15) is 0 Å². The van der Waals surface area contributed by atoms with E-state index in [-0.39, 0.29) is 17.9 Å². The van der Waals surface area contributed by atoms with Gasteiger partial charge in [-0.3, -0.25) is 19.6 Å². The van der Waals surface area contributed by atoms with Crippen molar-refractivity contribution in [1.82, 2.24) is 20.4 Å². The van der Waals surface area contributed by atoms with Crippen molar-refractivity contribution in [3.63, 3.8) is 0 Å². The van der Waals surface area contributed by atoms with Gasteiger partial charge in [0.15, 0.2) is 0 Å². The second-order valence-corrected chi connectivity index (χ2v) is 10.3. The van der Waals surface area contributed by atoms with Crippen LogP contribution in [0, 0.1) is 6.92 Å². The second kappa shape index (κ2) is 9.90. The first kappa shape index (κ1) is 23.1. The number of carbonyl (C=O) groups excluding carboxylic acids is 1. The summed E-state index contributed by atoms with van der Waals surface area (Å²) in [6.45, 7) is 4.56. The van der Waals surface area contributed by atoms with Gasteiger partial charge in [-0.1, -0.05) is 31.5 Å². The van der Waals surface area contributed by atoms with Gasteiger partial charge in [-0.05, 0) is 44.2 Å². The highest BCUT2D eigenvalue weighted by atomic mass is 32.1. The van der Waals surface area contributed by atoms with Crippen LogP contribution in [0.2, 0.25) is 0 Å². The quantitative estimate of drug-likeness (QED) is 0.478. The molecule has 3 aromatic rings. The van der Waals surface area contributed by atoms with Crippen LogP contribution >= 0.6 is 11.3 Å². The molecule has 1 aliphatic heterocycles. The monoisotopic (exact) mass is 478 g/mol. The average molecular weight is 479 g/mol.